The Bertz CT molecular complexity index is 1380. The van der Waals surface area contributed by atoms with Crippen LogP contribution >= 0.6 is 0 Å². The van der Waals surface area contributed by atoms with Gasteiger partial charge in [0, 0.05) is 36.0 Å². The molecule has 35 heavy (non-hydrogen) atoms. The Morgan fingerprint density at radius 1 is 0.971 bits per heavy atom. The van der Waals surface area contributed by atoms with Crippen molar-refractivity contribution in [3.63, 3.8) is 0 Å². The number of nitrogens with zero attached hydrogens (tertiary/aromatic N) is 5. The summed E-state index contributed by atoms with van der Waals surface area (Å²) < 4.78 is 0. The Hall–Kier alpha value is -4.74. The number of aryl methyl sites for hydroxylation is 1. The number of carbonyl (C=O) groups excluding carboxylic acids is 3. The van der Waals surface area contributed by atoms with Crippen molar-refractivity contribution in [2.45, 2.75) is 19.0 Å². The smallest absolute Gasteiger partial charge is 0.270 e. The number of hydrazone groups is 1. The molecule has 2 aromatic rings. The summed E-state index contributed by atoms with van der Waals surface area (Å²) in [4.78, 5) is 62.8. The van der Waals surface area contributed by atoms with Crippen LogP contribution in [0.15, 0.2) is 59.7 Å². The Balaban J connectivity index is 1.57. The lowest BCUT2D eigenvalue weighted by molar-refractivity contribution is -0.385. The van der Waals surface area contributed by atoms with Crippen molar-refractivity contribution in [3.8, 4) is 0 Å². The average molecular weight is 475 g/mol. The summed E-state index contributed by atoms with van der Waals surface area (Å²) in [5.74, 6) is -3.74. The molecule has 12 heteroatoms. The van der Waals surface area contributed by atoms with E-state index in [1.807, 2.05) is 0 Å². The number of rotatable bonds is 5. The van der Waals surface area contributed by atoms with Gasteiger partial charge in [-0.2, -0.15) is 5.10 Å². The van der Waals surface area contributed by atoms with Crippen LogP contribution in [0.25, 0.3) is 0 Å². The minimum Gasteiger partial charge on any atom is -0.292 e. The van der Waals surface area contributed by atoms with Gasteiger partial charge in [-0.1, -0.05) is 18.2 Å². The van der Waals surface area contributed by atoms with Gasteiger partial charge in [-0.05, 0) is 24.6 Å². The topological polar surface area (TPSA) is 156 Å². The van der Waals surface area contributed by atoms with Crippen molar-refractivity contribution in [2.24, 2.45) is 16.9 Å². The number of hydrogen-bond acceptors (Lipinski definition) is 9. The summed E-state index contributed by atoms with van der Waals surface area (Å²) in [7, 11) is 0. The van der Waals surface area contributed by atoms with E-state index in [1.165, 1.54) is 47.6 Å². The summed E-state index contributed by atoms with van der Waals surface area (Å²) in [6.07, 6.45) is 4.75. The first-order chi connectivity index (χ1) is 16.7. The number of fused-ring (bicyclic) bond motifs is 3. The molecule has 0 spiro atoms. The molecule has 2 saturated heterocycles. The van der Waals surface area contributed by atoms with Crippen LogP contribution in [-0.2, 0) is 9.59 Å². The van der Waals surface area contributed by atoms with E-state index in [0.717, 1.165) is 11.0 Å². The number of amides is 2. The number of nitro groups is 2. The van der Waals surface area contributed by atoms with Crippen LogP contribution in [-0.4, -0.2) is 50.8 Å². The van der Waals surface area contributed by atoms with Gasteiger partial charge >= 0.3 is 0 Å². The predicted octanol–water partition coefficient (Wildman–Crippen LogP) is 2.41. The van der Waals surface area contributed by atoms with Crippen molar-refractivity contribution in [1.82, 2.24) is 5.01 Å². The first kappa shape index (κ1) is 22.1. The first-order valence-corrected chi connectivity index (χ1v) is 10.6. The number of allylic oxidation sites excluding steroid dienone is 1. The van der Waals surface area contributed by atoms with Crippen LogP contribution in [0.1, 0.15) is 15.9 Å². The van der Waals surface area contributed by atoms with E-state index in [0.29, 0.717) is 5.56 Å². The summed E-state index contributed by atoms with van der Waals surface area (Å²) in [5.41, 5.74) is 0.132. The molecule has 5 rings (SSSR count). The number of Topliss-reactive ketones (excluding diaryl/α,β-unsaturated/α-hetero) is 1. The lowest BCUT2D eigenvalue weighted by atomic mass is 9.86. The second kappa shape index (κ2) is 7.94. The number of benzene rings is 2. The van der Waals surface area contributed by atoms with Crippen LogP contribution in [0, 0.1) is 39.0 Å². The van der Waals surface area contributed by atoms with E-state index in [9.17, 15) is 34.6 Å². The highest BCUT2D eigenvalue weighted by molar-refractivity contribution is 6.25. The molecule has 0 N–H and O–H groups in total. The van der Waals surface area contributed by atoms with Gasteiger partial charge in [0.05, 0.1) is 33.4 Å². The summed E-state index contributed by atoms with van der Waals surface area (Å²) in [6, 6.07) is 7.17. The van der Waals surface area contributed by atoms with E-state index in [4.69, 9.17) is 0 Å². The molecule has 3 aliphatic heterocycles. The molecule has 12 nitrogen and oxygen atoms in total. The fraction of sp³-hybridized carbons (Fsp3) is 0.217. The first-order valence-electron chi connectivity index (χ1n) is 10.6. The normalized spacial score (nSPS) is 24.5. The SMILES string of the molecule is Cc1cc([N+](=O)[O-])ccc1N1C(=O)[C@@H]2[C@H](C1=O)[C@@H](C(=O)c1cccc([N+](=O)[O-])c1)N1N=CC=C[C@@H]21. The zero-order valence-electron chi connectivity index (χ0n) is 18.2. The van der Waals surface area contributed by atoms with Crippen LogP contribution in [0.2, 0.25) is 0 Å². The Morgan fingerprint density at radius 2 is 1.66 bits per heavy atom. The summed E-state index contributed by atoms with van der Waals surface area (Å²) in [5, 5.41) is 28.0. The van der Waals surface area contributed by atoms with Gasteiger partial charge in [0.2, 0.25) is 11.8 Å². The molecular weight excluding hydrogens is 458 g/mol. The minimum atomic E-state index is -1.16. The monoisotopic (exact) mass is 475 g/mol. The molecule has 3 heterocycles. The number of imide groups is 1. The Labute approximate surface area is 197 Å². The maximum absolute atomic E-state index is 13.6. The highest BCUT2D eigenvalue weighted by Crippen LogP contribution is 2.47. The number of nitro benzene ring substituents is 2. The molecule has 0 aromatic heterocycles. The molecule has 0 aliphatic carbocycles. The molecule has 2 amide bonds. The fourth-order valence-electron chi connectivity index (χ4n) is 5.02. The van der Waals surface area contributed by atoms with Gasteiger partial charge in [-0.3, -0.25) is 39.6 Å². The Kier molecular flexibility index (Phi) is 5.01. The van der Waals surface area contributed by atoms with Gasteiger partial charge in [0.25, 0.3) is 11.4 Å². The molecule has 2 fully saturated rings. The lowest BCUT2D eigenvalue weighted by Gasteiger charge is -2.30. The maximum atomic E-state index is 13.6. The van der Waals surface area contributed by atoms with Gasteiger partial charge in [-0.15, -0.1) is 0 Å². The zero-order valence-corrected chi connectivity index (χ0v) is 18.2. The number of non-ortho nitro benzene ring substituents is 2. The second-order valence-corrected chi connectivity index (χ2v) is 8.43. The molecule has 0 unspecified atom stereocenters. The summed E-state index contributed by atoms with van der Waals surface area (Å²) >= 11 is 0. The lowest BCUT2D eigenvalue weighted by Crippen LogP contribution is -2.46. The molecule has 0 radical (unpaired) electrons. The van der Waals surface area contributed by atoms with Gasteiger partial charge in [0.1, 0.15) is 6.04 Å². The second-order valence-electron chi connectivity index (χ2n) is 8.43. The van der Waals surface area contributed by atoms with Crippen molar-refractivity contribution in [3.05, 3.63) is 86.0 Å². The zero-order chi connectivity index (χ0) is 25.0. The molecule has 2 aromatic carbocycles. The van der Waals surface area contributed by atoms with Gasteiger partial charge in [-0.25, -0.2) is 4.90 Å². The number of ketones is 1. The minimum absolute atomic E-state index is 0.0265. The van der Waals surface area contributed by atoms with Crippen molar-refractivity contribution >= 4 is 40.9 Å². The van der Waals surface area contributed by atoms with Crippen LogP contribution in [0.3, 0.4) is 0 Å². The van der Waals surface area contributed by atoms with Crippen LogP contribution in [0.4, 0.5) is 17.1 Å². The van der Waals surface area contributed by atoms with Crippen molar-refractivity contribution in [1.29, 1.82) is 0 Å². The van der Waals surface area contributed by atoms with Crippen molar-refractivity contribution < 1.29 is 24.2 Å². The molecule has 0 saturated carbocycles. The third-order valence-electron chi connectivity index (χ3n) is 6.53. The number of hydrogen-bond donors (Lipinski definition) is 0. The van der Waals surface area contributed by atoms with Gasteiger partial charge < -0.3 is 0 Å². The standard InChI is InChI=1S/C23H17N5O7/c1-12-10-15(28(34)35)7-8-16(12)25-22(30)18-17-6-3-9-24-26(17)20(19(18)23(25)31)21(29)13-4-2-5-14(11-13)27(32)33/h2-11,17-20H,1H3/t17-,18-,19-,20-/m0/s1. The highest BCUT2D eigenvalue weighted by atomic mass is 16.6. The number of anilines is 1. The third kappa shape index (κ3) is 3.29. The molecular formula is C23H17N5O7. The molecule has 176 valence electrons. The van der Waals surface area contributed by atoms with Crippen LogP contribution < -0.4 is 4.90 Å². The largest absolute Gasteiger partial charge is 0.292 e. The van der Waals surface area contributed by atoms with E-state index < -0.39 is 51.4 Å². The number of carbonyl (C=O) groups is 3. The molecule has 4 atom stereocenters. The fourth-order valence-corrected chi connectivity index (χ4v) is 5.02. The molecule has 3 aliphatic rings. The predicted molar refractivity (Wildman–Crippen MR) is 122 cm³/mol. The van der Waals surface area contributed by atoms with E-state index in [2.05, 4.69) is 5.10 Å². The van der Waals surface area contributed by atoms with Gasteiger partial charge in [0.15, 0.2) is 5.78 Å². The summed E-state index contributed by atoms with van der Waals surface area (Å²) in [6.45, 7) is 1.56. The third-order valence-corrected chi connectivity index (χ3v) is 6.53. The molecule has 0 bridgehead atoms. The average Bonchev–Trinajstić information content (AvgIpc) is 3.31. The Morgan fingerprint density at radius 3 is 2.34 bits per heavy atom. The van der Waals surface area contributed by atoms with E-state index >= 15 is 0 Å². The highest BCUT2D eigenvalue weighted by Gasteiger charge is 2.64. The van der Waals surface area contributed by atoms with Crippen molar-refractivity contribution in [2.75, 3.05) is 4.90 Å². The van der Waals surface area contributed by atoms with E-state index in [1.54, 1.807) is 19.1 Å². The van der Waals surface area contributed by atoms with E-state index in [-0.39, 0.29) is 22.6 Å². The maximum Gasteiger partial charge on any atom is 0.270 e. The van der Waals surface area contributed by atoms with Crippen LogP contribution in [0.5, 0.6) is 0 Å². The quantitative estimate of drug-likeness (QED) is 0.276.